The molecule has 3 rings (SSSR count). The van der Waals surface area contributed by atoms with Crippen molar-refractivity contribution in [2.24, 2.45) is 0 Å². The van der Waals surface area contributed by atoms with Gasteiger partial charge in [-0.3, -0.25) is 4.90 Å². The first kappa shape index (κ1) is 11.5. The molecule has 0 spiro atoms. The van der Waals surface area contributed by atoms with E-state index in [-0.39, 0.29) is 0 Å². The van der Waals surface area contributed by atoms with E-state index in [4.69, 9.17) is 0 Å². The summed E-state index contributed by atoms with van der Waals surface area (Å²) >= 11 is 0. The van der Waals surface area contributed by atoms with Crippen molar-refractivity contribution in [1.29, 1.82) is 0 Å². The Kier molecular flexibility index (Phi) is 3.15. The topological polar surface area (TPSA) is 45.5 Å². The van der Waals surface area contributed by atoms with Crippen molar-refractivity contribution in [2.45, 2.75) is 25.8 Å². The first-order chi connectivity index (χ1) is 8.86. The molecular weight excluding hydrogens is 226 g/mol. The van der Waals surface area contributed by atoms with Gasteiger partial charge in [0.1, 0.15) is 5.82 Å². The van der Waals surface area contributed by atoms with Crippen molar-refractivity contribution in [3.63, 3.8) is 0 Å². The maximum absolute atomic E-state index is 4.52. The van der Waals surface area contributed by atoms with Gasteiger partial charge in [0.2, 0.25) is 0 Å². The Morgan fingerprint density at radius 1 is 1.44 bits per heavy atom. The normalized spacial score (nSPS) is 20.6. The van der Waals surface area contributed by atoms with Gasteiger partial charge in [-0.05, 0) is 32.0 Å². The molecule has 1 unspecified atom stereocenters. The van der Waals surface area contributed by atoms with Crippen LogP contribution >= 0.6 is 0 Å². The molecule has 2 aromatic rings. The Labute approximate surface area is 107 Å². The lowest BCUT2D eigenvalue weighted by Gasteiger charge is -2.23. The van der Waals surface area contributed by atoms with Crippen molar-refractivity contribution in [3.8, 4) is 0 Å². The molecule has 0 aliphatic carbocycles. The summed E-state index contributed by atoms with van der Waals surface area (Å²) in [6, 6.07) is 4.54. The van der Waals surface area contributed by atoms with Crippen LogP contribution in [0.15, 0.2) is 24.5 Å². The first-order valence-corrected chi connectivity index (χ1v) is 6.65. The van der Waals surface area contributed by atoms with E-state index in [9.17, 15) is 0 Å². The Morgan fingerprint density at radius 3 is 3.28 bits per heavy atom. The molecular formula is C13H19N5. The average Bonchev–Trinajstić information content (AvgIpc) is 3.04. The molecule has 1 N–H and O–H groups in total. The number of nitrogens with one attached hydrogen (secondary N) is 1. The third kappa shape index (κ3) is 2.18. The minimum atomic E-state index is 0.651. The summed E-state index contributed by atoms with van der Waals surface area (Å²) in [4.78, 5) is 7.05. The highest BCUT2D eigenvalue weighted by Gasteiger charge is 2.22. The van der Waals surface area contributed by atoms with Crippen LogP contribution in [-0.4, -0.2) is 45.2 Å². The zero-order valence-electron chi connectivity index (χ0n) is 10.7. The summed E-state index contributed by atoms with van der Waals surface area (Å²) in [6.07, 6.45) is 6.31. The number of nitrogens with zero attached hydrogens (tertiary/aromatic N) is 4. The SMILES string of the molecule is CCN1CCCC1CNc1ccn2nccc2n1. The number of fused-ring (bicyclic) bond motifs is 1. The molecule has 0 amide bonds. The minimum absolute atomic E-state index is 0.651. The number of likely N-dealkylation sites (N-methyl/N-ethyl adjacent to an activating group) is 1. The molecule has 5 nitrogen and oxygen atoms in total. The molecule has 18 heavy (non-hydrogen) atoms. The number of likely N-dealkylation sites (tertiary alicyclic amines) is 1. The summed E-state index contributed by atoms with van der Waals surface area (Å²) in [5, 5.41) is 7.58. The Balaban J connectivity index is 1.65. The van der Waals surface area contributed by atoms with Crippen molar-refractivity contribution >= 4 is 11.5 Å². The van der Waals surface area contributed by atoms with Gasteiger partial charge >= 0.3 is 0 Å². The highest BCUT2D eigenvalue weighted by atomic mass is 15.2. The number of anilines is 1. The van der Waals surface area contributed by atoms with Crippen LogP contribution in [0.1, 0.15) is 19.8 Å². The van der Waals surface area contributed by atoms with Gasteiger partial charge in [-0.15, -0.1) is 0 Å². The number of aromatic nitrogens is 3. The quantitative estimate of drug-likeness (QED) is 0.889. The van der Waals surface area contributed by atoms with E-state index >= 15 is 0 Å². The van der Waals surface area contributed by atoms with E-state index in [0.29, 0.717) is 6.04 Å². The van der Waals surface area contributed by atoms with Gasteiger partial charge in [0, 0.05) is 24.8 Å². The van der Waals surface area contributed by atoms with Crippen LogP contribution < -0.4 is 5.32 Å². The monoisotopic (exact) mass is 245 g/mol. The van der Waals surface area contributed by atoms with Gasteiger partial charge in [-0.2, -0.15) is 5.10 Å². The van der Waals surface area contributed by atoms with Crippen molar-refractivity contribution in [3.05, 3.63) is 24.5 Å². The van der Waals surface area contributed by atoms with Crippen LogP contribution in [0.3, 0.4) is 0 Å². The third-order valence-corrected chi connectivity index (χ3v) is 3.68. The van der Waals surface area contributed by atoms with Crippen LogP contribution in [0, 0.1) is 0 Å². The molecule has 1 atom stereocenters. The Morgan fingerprint density at radius 2 is 2.39 bits per heavy atom. The summed E-state index contributed by atoms with van der Waals surface area (Å²) in [6.45, 7) is 5.58. The number of hydrogen-bond donors (Lipinski definition) is 1. The molecule has 0 saturated carbocycles. The van der Waals surface area contributed by atoms with Crippen LogP contribution in [-0.2, 0) is 0 Å². The lowest BCUT2D eigenvalue weighted by atomic mass is 10.2. The molecule has 2 aromatic heterocycles. The summed E-state index contributed by atoms with van der Waals surface area (Å²) in [5.74, 6) is 0.936. The Hall–Kier alpha value is -1.62. The molecule has 5 heteroatoms. The second kappa shape index (κ2) is 4.94. The fourth-order valence-corrected chi connectivity index (χ4v) is 2.68. The minimum Gasteiger partial charge on any atom is -0.368 e. The smallest absolute Gasteiger partial charge is 0.157 e. The van der Waals surface area contributed by atoms with Crippen molar-refractivity contribution in [2.75, 3.05) is 25.0 Å². The molecule has 96 valence electrons. The lowest BCUT2D eigenvalue weighted by molar-refractivity contribution is 0.277. The highest BCUT2D eigenvalue weighted by molar-refractivity contribution is 5.45. The van der Waals surface area contributed by atoms with Crippen LogP contribution in [0.2, 0.25) is 0 Å². The van der Waals surface area contributed by atoms with Crippen LogP contribution in [0.5, 0.6) is 0 Å². The van der Waals surface area contributed by atoms with Gasteiger partial charge in [-0.1, -0.05) is 6.92 Å². The van der Waals surface area contributed by atoms with E-state index in [0.717, 1.165) is 24.6 Å². The van der Waals surface area contributed by atoms with Gasteiger partial charge in [-0.25, -0.2) is 9.50 Å². The average molecular weight is 245 g/mol. The molecule has 1 aliphatic rings. The van der Waals surface area contributed by atoms with E-state index in [1.54, 1.807) is 10.7 Å². The zero-order chi connectivity index (χ0) is 12.4. The molecule has 0 bridgehead atoms. The first-order valence-electron chi connectivity index (χ1n) is 6.65. The molecule has 1 saturated heterocycles. The maximum atomic E-state index is 4.52. The second-order valence-corrected chi connectivity index (χ2v) is 4.75. The van der Waals surface area contributed by atoms with Crippen LogP contribution in [0.4, 0.5) is 5.82 Å². The van der Waals surface area contributed by atoms with Crippen molar-refractivity contribution in [1.82, 2.24) is 19.5 Å². The number of hydrogen-bond acceptors (Lipinski definition) is 4. The van der Waals surface area contributed by atoms with Crippen molar-refractivity contribution < 1.29 is 0 Å². The molecule has 0 radical (unpaired) electrons. The highest BCUT2D eigenvalue weighted by Crippen LogP contribution is 2.17. The van der Waals surface area contributed by atoms with E-state index in [1.165, 1.54) is 19.4 Å². The molecule has 3 heterocycles. The predicted molar refractivity (Wildman–Crippen MR) is 71.7 cm³/mol. The lowest BCUT2D eigenvalue weighted by Crippen LogP contribution is -2.34. The van der Waals surface area contributed by atoms with E-state index in [1.807, 2.05) is 18.3 Å². The van der Waals surface area contributed by atoms with E-state index < -0.39 is 0 Å². The number of rotatable bonds is 4. The zero-order valence-corrected chi connectivity index (χ0v) is 10.7. The van der Waals surface area contributed by atoms with Gasteiger partial charge < -0.3 is 5.32 Å². The maximum Gasteiger partial charge on any atom is 0.157 e. The third-order valence-electron chi connectivity index (χ3n) is 3.68. The molecule has 1 aliphatic heterocycles. The predicted octanol–water partition coefficient (Wildman–Crippen LogP) is 1.63. The summed E-state index contributed by atoms with van der Waals surface area (Å²) in [7, 11) is 0. The van der Waals surface area contributed by atoms with Gasteiger partial charge in [0.15, 0.2) is 5.65 Å². The fraction of sp³-hybridized carbons (Fsp3) is 0.538. The van der Waals surface area contributed by atoms with Crippen LogP contribution in [0.25, 0.3) is 5.65 Å². The molecule has 0 aromatic carbocycles. The fourth-order valence-electron chi connectivity index (χ4n) is 2.68. The standard InChI is InChI=1S/C13H19N5/c1-2-17-8-3-4-11(17)10-14-12-6-9-18-13(16-12)5-7-15-18/h5-7,9,11H,2-4,8,10H2,1H3,(H,14,16). The largest absolute Gasteiger partial charge is 0.368 e. The molecule has 1 fully saturated rings. The van der Waals surface area contributed by atoms with Gasteiger partial charge in [0.25, 0.3) is 0 Å². The second-order valence-electron chi connectivity index (χ2n) is 4.75. The Bertz CT molecular complexity index is 521. The summed E-state index contributed by atoms with van der Waals surface area (Å²) in [5.41, 5.74) is 0.888. The summed E-state index contributed by atoms with van der Waals surface area (Å²) < 4.78 is 1.78. The van der Waals surface area contributed by atoms with Gasteiger partial charge in [0.05, 0.1) is 6.20 Å². The van der Waals surface area contributed by atoms with E-state index in [2.05, 4.69) is 27.2 Å².